The summed E-state index contributed by atoms with van der Waals surface area (Å²) in [6.45, 7) is 0. The lowest BCUT2D eigenvalue weighted by molar-refractivity contribution is -0.127. The number of hydrogen-bond donors (Lipinski definition) is 1. The van der Waals surface area contributed by atoms with Crippen LogP contribution in [-0.2, 0) is 6.42 Å². The summed E-state index contributed by atoms with van der Waals surface area (Å²) in [6, 6.07) is 14.1. The van der Waals surface area contributed by atoms with Crippen molar-refractivity contribution in [3.63, 3.8) is 0 Å². The largest absolute Gasteiger partial charge is 0.394 e. The van der Waals surface area contributed by atoms with Crippen molar-refractivity contribution < 1.29 is 17.6 Å². The summed E-state index contributed by atoms with van der Waals surface area (Å²) in [5, 5.41) is 0. The smallest absolute Gasteiger partial charge is 0.338 e. The topological polar surface area (TPSA) is 28.7 Å². The molecule has 0 aliphatic carbocycles. The molecule has 0 bridgehead atoms. The molecule has 2 nitrogen and oxygen atoms in total. The van der Waals surface area contributed by atoms with Gasteiger partial charge in [-0.1, -0.05) is 30.3 Å². The van der Waals surface area contributed by atoms with E-state index in [4.69, 9.17) is 0 Å². The summed E-state index contributed by atoms with van der Waals surface area (Å²) in [5.41, 5.74) is 1.38. The fraction of sp³-hybridized carbons (Fsp3) is 0.118. The second-order valence-corrected chi connectivity index (χ2v) is 5.07. The number of rotatable bonds is 3. The number of hydrogen-bond acceptors (Lipinski definition) is 1. The highest BCUT2D eigenvalue weighted by atomic mass is 19.4. The highest BCUT2D eigenvalue weighted by molar-refractivity contribution is 5.67. The second kappa shape index (κ2) is 5.87. The van der Waals surface area contributed by atoms with Crippen molar-refractivity contribution in [1.29, 1.82) is 0 Å². The highest BCUT2D eigenvalue weighted by Crippen LogP contribution is 2.30. The Kier molecular flexibility index (Phi) is 3.90. The molecule has 0 spiro atoms. The minimum Gasteiger partial charge on any atom is -0.338 e. The van der Waals surface area contributed by atoms with Gasteiger partial charge < -0.3 is 4.98 Å². The summed E-state index contributed by atoms with van der Waals surface area (Å²) in [4.78, 5) is 7.00. The molecule has 0 saturated heterocycles. The summed E-state index contributed by atoms with van der Waals surface area (Å²) in [5.74, 6) is -0.137. The Balaban J connectivity index is 2.08. The Labute approximate surface area is 129 Å². The number of aromatic nitrogens is 2. The normalized spacial score (nSPS) is 11.7. The zero-order chi connectivity index (χ0) is 16.4. The lowest BCUT2D eigenvalue weighted by Gasteiger charge is -2.06. The molecule has 3 aromatic rings. The van der Waals surface area contributed by atoms with Crippen LogP contribution in [-0.4, -0.2) is 16.1 Å². The predicted octanol–water partition coefficient (Wildman–Crippen LogP) is 4.99. The molecule has 118 valence electrons. The third-order valence-electron chi connectivity index (χ3n) is 3.33. The third kappa shape index (κ3) is 3.59. The molecule has 0 saturated carbocycles. The van der Waals surface area contributed by atoms with Crippen LogP contribution in [0.3, 0.4) is 0 Å². The first-order valence-electron chi connectivity index (χ1n) is 6.89. The molecule has 1 aromatic heterocycles. The van der Waals surface area contributed by atoms with Crippen molar-refractivity contribution in [3.05, 3.63) is 66.1 Å². The first-order valence-corrected chi connectivity index (χ1v) is 6.89. The summed E-state index contributed by atoms with van der Waals surface area (Å²) in [6.07, 6.45) is -5.49. The van der Waals surface area contributed by atoms with E-state index in [1.165, 1.54) is 24.3 Å². The van der Waals surface area contributed by atoms with Gasteiger partial charge >= 0.3 is 6.18 Å². The average Bonchev–Trinajstić information content (AvgIpc) is 2.90. The monoisotopic (exact) mass is 320 g/mol. The van der Waals surface area contributed by atoms with Crippen molar-refractivity contribution >= 4 is 0 Å². The minimum atomic E-state index is -4.36. The maximum atomic E-state index is 13.0. The van der Waals surface area contributed by atoms with Crippen molar-refractivity contribution in [2.75, 3.05) is 0 Å². The number of benzene rings is 2. The van der Waals surface area contributed by atoms with Crippen molar-refractivity contribution in [2.45, 2.75) is 12.6 Å². The van der Waals surface area contributed by atoms with E-state index in [2.05, 4.69) is 9.97 Å². The van der Waals surface area contributed by atoms with Crippen LogP contribution in [0.4, 0.5) is 17.6 Å². The molecule has 0 radical (unpaired) electrons. The number of halogens is 4. The van der Waals surface area contributed by atoms with Gasteiger partial charge in [0.15, 0.2) is 0 Å². The maximum Gasteiger partial charge on any atom is 0.394 e. The van der Waals surface area contributed by atoms with Crippen LogP contribution >= 0.6 is 0 Å². The molecular weight excluding hydrogens is 308 g/mol. The van der Waals surface area contributed by atoms with Gasteiger partial charge in [-0.2, -0.15) is 13.2 Å². The van der Waals surface area contributed by atoms with Gasteiger partial charge in [0.05, 0.1) is 17.8 Å². The molecule has 1 N–H and O–H groups in total. The molecule has 0 aliphatic rings. The van der Waals surface area contributed by atoms with Crippen LogP contribution in [0.15, 0.2) is 54.6 Å². The van der Waals surface area contributed by atoms with Gasteiger partial charge in [-0.15, -0.1) is 0 Å². The Hall–Kier alpha value is -2.63. The zero-order valence-corrected chi connectivity index (χ0v) is 11.9. The SMILES string of the molecule is Fc1ccc(-c2nc(CC(F)(F)F)c(-c3ccccc3)[nH]2)cc1. The van der Waals surface area contributed by atoms with Gasteiger partial charge in [0, 0.05) is 5.56 Å². The van der Waals surface area contributed by atoms with Crippen molar-refractivity contribution in [3.8, 4) is 22.6 Å². The molecule has 6 heteroatoms. The molecule has 0 atom stereocenters. The molecule has 0 fully saturated rings. The first-order chi connectivity index (χ1) is 10.9. The summed E-state index contributed by atoms with van der Waals surface area (Å²) in [7, 11) is 0. The van der Waals surface area contributed by atoms with Gasteiger partial charge in [-0.3, -0.25) is 0 Å². The lowest BCUT2D eigenvalue weighted by Crippen LogP contribution is -2.12. The van der Waals surface area contributed by atoms with Crippen LogP contribution in [0.2, 0.25) is 0 Å². The maximum absolute atomic E-state index is 13.0. The van der Waals surface area contributed by atoms with E-state index in [1.807, 2.05) is 0 Å². The standard InChI is InChI=1S/C17H12F4N2/c18-13-8-6-12(7-9-13)16-22-14(10-17(19,20)21)15(23-16)11-4-2-1-3-5-11/h1-9H,10H2,(H,22,23). The molecule has 0 amide bonds. The van der Waals surface area contributed by atoms with Crippen LogP contribution in [0, 0.1) is 5.82 Å². The van der Waals surface area contributed by atoms with Crippen LogP contribution in [0.5, 0.6) is 0 Å². The van der Waals surface area contributed by atoms with Crippen LogP contribution in [0.1, 0.15) is 5.69 Å². The second-order valence-electron chi connectivity index (χ2n) is 5.07. The van der Waals surface area contributed by atoms with Gasteiger partial charge in [-0.05, 0) is 29.8 Å². The van der Waals surface area contributed by atoms with Gasteiger partial charge in [0.1, 0.15) is 11.6 Å². The number of aromatic amines is 1. The molecule has 3 rings (SSSR count). The van der Waals surface area contributed by atoms with Crippen LogP contribution in [0.25, 0.3) is 22.6 Å². The number of alkyl halides is 3. The Morgan fingerprint density at radius 2 is 1.52 bits per heavy atom. The number of nitrogens with zero attached hydrogens (tertiary/aromatic N) is 1. The van der Waals surface area contributed by atoms with E-state index >= 15 is 0 Å². The van der Waals surface area contributed by atoms with E-state index in [9.17, 15) is 17.6 Å². The van der Waals surface area contributed by atoms with E-state index in [0.717, 1.165) is 0 Å². The molecule has 1 heterocycles. The zero-order valence-electron chi connectivity index (χ0n) is 11.9. The molecular formula is C17H12F4N2. The van der Waals surface area contributed by atoms with Crippen LogP contribution < -0.4 is 0 Å². The van der Waals surface area contributed by atoms with Gasteiger partial charge in [0.25, 0.3) is 0 Å². The van der Waals surface area contributed by atoms with Crippen molar-refractivity contribution in [2.24, 2.45) is 0 Å². The Morgan fingerprint density at radius 3 is 2.13 bits per heavy atom. The van der Waals surface area contributed by atoms with E-state index in [1.54, 1.807) is 30.3 Å². The number of H-pyrrole nitrogens is 1. The number of nitrogens with one attached hydrogen (secondary N) is 1. The highest BCUT2D eigenvalue weighted by Gasteiger charge is 2.31. The Morgan fingerprint density at radius 1 is 0.870 bits per heavy atom. The van der Waals surface area contributed by atoms with Gasteiger partial charge in [0.2, 0.25) is 0 Å². The van der Waals surface area contributed by atoms with Gasteiger partial charge in [-0.25, -0.2) is 9.37 Å². The molecule has 2 aromatic carbocycles. The molecule has 0 unspecified atom stereocenters. The average molecular weight is 320 g/mol. The first kappa shape index (κ1) is 15.3. The van der Waals surface area contributed by atoms with Crippen molar-refractivity contribution in [1.82, 2.24) is 9.97 Å². The number of imidazole rings is 1. The third-order valence-corrected chi connectivity index (χ3v) is 3.33. The van der Waals surface area contributed by atoms with E-state index in [-0.39, 0.29) is 11.5 Å². The fourth-order valence-corrected chi connectivity index (χ4v) is 2.32. The molecule has 23 heavy (non-hydrogen) atoms. The molecule has 0 aliphatic heterocycles. The Bertz CT molecular complexity index is 790. The summed E-state index contributed by atoms with van der Waals surface area (Å²) < 4.78 is 51.4. The fourth-order valence-electron chi connectivity index (χ4n) is 2.32. The minimum absolute atomic E-state index is 0.0805. The predicted molar refractivity (Wildman–Crippen MR) is 79.2 cm³/mol. The lowest BCUT2D eigenvalue weighted by atomic mass is 10.1. The quantitative estimate of drug-likeness (QED) is 0.677. The van der Waals surface area contributed by atoms with E-state index in [0.29, 0.717) is 16.8 Å². The van der Waals surface area contributed by atoms with E-state index < -0.39 is 18.4 Å². The summed E-state index contributed by atoms with van der Waals surface area (Å²) >= 11 is 0.